The van der Waals surface area contributed by atoms with E-state index in [1.165, 1.54) is 18.3 Å². The van der Waals surface area contributed by atoms with Crippen LogP contribution in [0.2, 0.25) is 0 Å². The van der Waals surface area contributed by atoms with Crippen molar-refractivity contribution in [3.63, 3.8) is 0 Å². The lowest BCUT2D eigenvalue weighted by molar-refractivity contribution is 0.454. The molecule has 0 fully saturated rings. The van der Waals surface area contributed by atoms with Crippen molar-refractivity contribution >= 4 is 5.95 Å². The summed E-state index contributed by atoms with van der Waals surface area (Å²) >= 11 is 0. The number of nitrogens with two attached hydrogens (primary N) is 1. The molecule has 5 nitrogen and oxygen atoms in total. The smallest absolute Gasteiger partial charge is 0.240 e. The number of anilines is 1. The number of aromatic nitrogens is 2. The maximum atomic E-state index is 13.1. The third-order valence-electron chi connectivity index (χ3n) is 2.12. The van der Waals surface area contributed by atoms with Gasteiger partial charge in [-0.2, -0.15) is 4.98 Å². The third kappa shape index (κ3) is 2.67. The lowest BCUT2D eigenvalue weighted by atomic mass is 10.2. The summed E-state index contributed by atoms with van der Waals surface area (Å²) in [6, 6.07) is 5.86. The van der Waals surface area contributed by atoms with Crippen molar-refractivity contribution in [2.75, 3.05) is 5.43 Å². The van der Waals surface area contributed by atoms with Gasteiger partial charge in [0.2, 0.25) is 11.8 Å². The largest absolute Gasteiger partial charge is 0.438 e. The predicted molar refractivity (Wildman–Crippen MR) is 61.1 cm³/mol. The second kappa shape index (κ2) is 4.75. The van der Waals surface area contributed by atoms with Crippen LogP contribution in [0, 0.1) is 12.7 Å². The molecule has 2 rings (SSSR count). The average Bonchev–Trinajstić information content (AvgIpc) is 2.34. The lowest BCUT2D eigenvalue weighted by Crippen LogP contribution is -2.10. The fourth-order valence-corrected chi connectivity index (χ4v) is 1.27. The van der Waals surface area contributed by atoms with Crippen molar-refractivity contribution in [1.29, 1.82) is 0 Å². The van der Waals surface area contributed by atoms with Gasteiger partial charge in [0.15, 0.2) is 0 Å². The van der Waals surface area contributed by atoms with Gasteiger partial charge >= 0.3 is 0 Å². The lowest BCUT2D eigenvalue weighted by Gasteiger charge is -2.08. The number of rotatable bonds is 3. The highest BCUT2D eigenvalue weighted by Crippen LogP contribution is 2.24. The first-order chi connectivity index (χ1) is 8.19. The number of hydrogen-bond acceptors (Lipinski definition) is 5. The summed E-state index contributed by atoms with van der Waals surface area (Å²) in [4.78, 5) is 7.80. The van der Waals surface area contributed by atoms with Gasteiger partial charge in [-0.05, 0) is 18.6 Å². The fraction of sp³-hybridized carbons (Fsp3) is 0.0909. The Morgan fingerprint density at radius 2 is 2.18 bits per heavy atom. The van der Waals surface area contributed by atoms with E-state index in [1.807, 2.05) is 6.92 Å². The first-order valence-electron chi connectivity index (χ1n) is 4.92. The number of ether oxygens (including phenoxy) is 1. The number of aryl methyl sites for hydroxylation is 1. The minimum atomic E-state index is -0.364. The molecule has 1 heterocycles. The van der Waals surface area contributed by atoms with Crippen molar-refractivity contribution in [3.05, 3.63) is 41.8 Å². The number of nitrogens with zero attached hydrogens (tertiary/aromatic N) is 2. The van der Waals surface area contributed by atoms with Gasteiger partial charge in [-0.25, -0.2) is 15.2 Å². The average molecular weight is 234 g/mol. The molecule has 0 spiro atoms. The molecule has 0 bridgehead atoms. The van der Waals surface area contributed by atoms with E-state index in [2.05, 4.69) is 15.4 Å². The molecule has 0 unspecified atom stereocenters. The highest BCUT2D eigenvalue weighted by Gasteiger charge is 2.05. The van der Waals surface area contributed by atoms with E-state index in [1.54, 1.807) is 12.1 Å². The minimum Gasteiger partial charge on any atom is -0.438 e. The van der Waals surface area contributed by atoms with Gasteiger partial charge < -0.3 is 4.74 Å². The highest BCUT2D eigenvalue weighted by molar-refractivity contribution is 5.36. The molecule has 2 aromatic rings. The Balaban J connectivity index is 2.27. The third-order valence-corrected chi connectivity index (χ3v) is 2.12. The summed E-state index contributed by atoms with van der Waals surface area (Å²) in [6.07, 6.45) is 1.49. The van der Waals surface area contributed by atoms with E-state index in [-0.39, 0.29) is 11.8 Å². The number of nitrogen functional groups attached to an aromatic ring is 1. The molecule has 17 heavy (non-hydrogen) atoms. The molecule has 0 aliphatic carbocycles. The van der Waals surface area contributed by atoms with Crippen molar-refractivity contribution in [2.45, 2.75) is 6.92 Å². The van der Waals surface area contributed by atoms with Crippen LogP contribution in [0.25, 0.3) is 0 Å². The van der Waals surface area contributed by atoms with Gasteiger partial charge in [-0.3, -0.25) is 5.43 Å². The van der Waals surface area contributed by atoms with Gasteiger partial charge in [0.1, 0.15) is 11.6 Å². The van der Waals surface area contributed by atoms with Crippen LogP contribution in [0.5, 0.6) is 11.6 Å². The summed E-state index contributed by atoms with van der Waals surface area (Å²) < 4.78 is 18.5. The van der Waals surface area contributed by atoms with E-state index < -0.39 is 0 Å². The first kappa shape index (κ1) is 11.3. The van der Waals surface area contributed by atoms with E-state index in [4.69, 9.17) is 10.6 Å². The summed E-state index contributed by atoms with van der Waals surface area (Å²) in [5.74, 6) is 5.75. The molecule has 0 aliphatic heterocycles. The van der Waals surface area contributed by atoms with Crippen LogP contribution in [0.1, 0.15) is 5.56 Å². The predicted octanol–water partition coefficient (Wildman–Crippen LogP) is 2.00. The number of hydrazine groups is 1. The van der Waals surface area contributed by atoms with E-state index >= 15 is 0 Å². The second-order valence-corrected chi connectivity index (χ2v) is 3.37. The van der Waals surface area contributed by atoms with E-state index in [0.29, 0.717) is 11.6 Å². The molecule has 6 heteroatoms. The van der Waals surface area contributed by atoms with Crippen LogP contribution in [-0.2, 0) is 0 Å². The first-order valence-corrected chi connectivity index (χ1v) is 4.92. The zero-order valence-electron chi connectivity index (χ0n) is 9.14. The molecule has 0 atom stereocenters. The molecule has 3 N–H and O–H groups in total. The van der Waals surface area contributed by atoms with Gasteiger partial charge in [0, 0.05) is 18.3 Å². The number of benzene rings is 1. The Bertz CT molecular complexity index is 533. The summed E-state index contributed by atoms with van der Waals surface area (Å²) in [5.41, 5.74) is 3.12. The fourth-order valence-electron chi connectivity index (χ4n) is 1.27. The van der Waals surface area contributed by atoms with Gasteiger partial charge in [-0.15, -0.1) is 0 Å². The maximum absolute atomic E-state index is 13.1. The maximum Gasteiger partial charge on any atom is 0.240 e. The standard InChI is InChI=1S/C11H11FN4O/c1-7-2-3-8(12)6-9(7)17-10-4-5-14-11(15-10)16-13/h2-6H,13H2,1H3,(H,14,15,16). The topological polar surface area (TPSA) is 73.1 Å². The highest BCUT2D eigenvalue weighted by atomic mass is 19.1. The van der Waals surface area contributed by atoms with Gasteiger partial charge in [-0.1, -0.05) is 6.07 Å². The molecule has 1 aromatic heterocycles. The van der Waals surface area contributed by atoms with Crippen LogP contribution in [0.3, 0.4) is 0 Å². The normalized spacial score (nSPS) is 10.1. The summed E-state index contributed by atoms with van der Waals surface area (Å²) in [6.45, 7) is 1.82. The van der Waals surface area contributed by atoms with E-state index in [0.717, 1.165) is 5.56 Å². The molecule has 0 amide bonds. The number of nitrogens with one attached hydrogen (secondary N) is 1. The SMILES string of the molecule is Cc1ccc(F)cc1Oc1ccnc(NN)n1. The summed E-state index contributed by atoms with van der Waals surface area (Å²) in [7, 11) is 0. The number of hydrogen-bond donors (Lipinski definition) is 2. The van der Waals surface area contributed by atoms with Crippen molar-refractivity contribution in [2.24, 2.45) is 5.84 Å². The zero-order chi connectivity index (χ0) is 12.3. The monoisotopic (exact) mass is 234 g/mol. The Morgan fingerprint density at radius 1 is 1.35 bits per heavy atom. The van der Waals surface area contributed by atoms with Gasteiger partial charge in [0.05, 0.1) is 0 Å². The molecular weight excluding hydrogens is 223 g/mol. The van der Waals surface area contributed by atoms with E-state index in [9.17, 15) is 4.39 Å². The van der Waals surface area contributed by atoms with Crippen LogP contribution < -0.4 is 16.0 Å². The minimum absolute atomic E-state index is 0.233. The Kier molecular flexibility index (Phi) is 3.15. The summed E-state index contributed by atoms with van der Waals surface area (Å²) in [5, 5.41) is 0. The van der Waals surface area contributed by atoms with Crippen molar-refractivity contribution in [3.8, 4) is 11.6 Å². The van der Waals surface area contributed by atoms with Crippen LogP contribution in [-0.4, -0.2) is 9.97 Å². The Morgan fingerprint density at radius 3 is 2.94 bits per heavy atom. The second-order valence-electron chi connectivity index (χ2n) is 3.37. The molecule has 0 aliphatic rings. The van der Waals surface area contributed by atoms with Crippen LogP contribution in [0.4, 0.5) is 10.3 Å². The molecule has 88 valence electrons. The van der Waals surface area contributed by atoms with Crippen LogP contribution >= 0.6 is 0 Å². The molecular formula is C11H11FN4O. The Hall–Kier alpha value is -2.21. The van der Waals surface area contributed by atoms with Crippen molar-refractivity contribution < 1.29 is 9.13 Å². The Labute approximate surface area is 97.4 Å². The zero-order valence-corrected chi connectivity index (χ0v) is 9.14. The van der Waals surface area contributed by atoms with Crippen molar-refractivity contribution in [1.82, 2.24) is 9.97 Å². The van der Waals surface area contributed by atoms with Crippen LogP contribution in [0.15, 0.2) is 30.5 Å². The van der Waals surface area contributed by atoms with Gasteiger partial charge in [0.25, 0.3) is 0 Å². The quantitative estimate of drug-likeness (QED) is 0.627. The number of halogens is 1. The molecule has 0 saturated carbocycles. The molecule has 0 radical (unpaired) electrons. The molecule has 0 saturated heterocycles. The molecule has 1 aromatic carbocycles.